The molecule has 0 radical (unpaired) electrons. The molecule has 156 valence electrons. The fraction of sp³-hybridized carbons (Fsp3) is 0.684. The van der Waals surface area contributed by atoms with E-state index in [4.69, 9.17) is 11.6 Å². The molecule has 1 atom stereocenters. The molecule has 7 nitrogen and oxygen atoms in total. The van der Waals surface area contributed by atoms with E-state index in [2.05, 4.69) is 27.1 Å². The van der Waals surface area contributed by atoms with E-state index in [0.29, 0.717) is 42.9 Å². The van der Waals surface area contributed by atoms with Crippen molar-refractivity contribution in [3.8, 4) is 0 Å². The van der Waals surface area contributed by atoms with Gasteiger partial charge in [-0.25, -0.2) is 9.97 Å². The zero-order valence-corrected chi connectivity index (χ0v) is 18.5. The highest BCUT2D eigenvalue weighted by Crippen LogP contribution is 2.24. The Bertz CT molecular complexity index is 676. The summed E-state index contributed by atoms with van der Waals surface area (Å²) >= 11 is 7.47. The van der Waals surface area contributed by atoms with Crippen LogP contribution >= 0.6 is 23.4 Å². The first-order valence-electron chi connectivity index (χ1n) is 9.93. The largest absolute Gasteiger partial charge is 0.355 e. The second-order valence-corrected chi connectivity index (χ2v) is 8.24. The molecule has 0 aliphatic carbocycles. The summed E-state index contributed by atoms with van der Waals surface area (Å²) in [5.74, 6) is 1.16. The molecule has 0 unspecified atom stereocenters. The van der Waals surface area contributed by atoms with Gasteiger partial charge in [-0.3, -0.25) is 9.59 Å². The first kappa shape index (κ1) is 22.7. The molecule has 1 N–H and O–H groups in total. The molecule has 2 heterocycles. The summed E-state index contributed by atoms with van der Waals surface area (Å²) in [6, 6.07) is 1.85. The van der Waals surface area contributed by atoms with Gasteiger partial charge in [-0.05, 0) is 13.3 Å². The summed E-state index contributed by atoms with van der Waals surface area (Å²) in [5.41, 5.74) is 0. The lowest BCUT2D eigenvalue weighted by Gasteiger charge is -2.40. The summed E-state index contributed by atoms with van der Waals surface area (Å²) in [5, 5.41) is 3.76. The molecule has 0 spiro atoms. The van der Waals surface area contributed by atoms with Crippen molar-refractivity contribution in [3.63, 3.8) is 0 Å². The summed E-state index contributed by atoms with van der Waals surface area (Å²) in [6.45, 7) is 8.82. The first-order valence-corrected chi connectivity index (χ1v) is 11.3. The van der Waals surface area contributed by atoms with Gasteiger partial charge in [-0.1, -0.05) is 50.1 Å². The third-order valence-corrected chi connectivity index (χ3v) is 5.71. The van der Waals surface area contributed by atoms with Gasteiger partial charge in [0.05, 0.1) is 5.75 Å². The quantitative estimate of drug-likeness (QED) is 0.282. The summed E-state index contributed by atoms with van der Waals surface area (Å²) in [6.07, 6.45) is 3.76. The third-order valence-electron chi connectivity index (χ3n) is 4.67. The van der Waals surface area contributed by atoms with E-state index in [1.165, 1.54) is 11.8 Å². The molecule has 1 saturated heterocycles. The van der Waals surface area contributed by atoms with Crippen LogP contribution in [0.2, 0.25) is 5.15 Å². The maximum Gasteiger partial charge on any atom is 0.230 e. The molecule has 1 aromatic rings. The normalized spacial score (nSPS) is 16.9. The molecule has 1 aliphatic rings. The van der Waals surface area contributed by atoms with Crippen LogP contribution in [-0.2, 0) is 9.59 Å². The average molecular weight is 428 g/mol. The molecule has 0 aromatic carbocycles. The Morgan fingerprint density at radius 1 is 1.29 bits per heavy atom. The number of unbranched alkanes of at least 4 members (excludes halogenated alkanes) is 2. The van der Waals surface area contributed by atoms with Crippen molar-refractivity contribution in [1.29, 1.82) is 0 Å². The molecular weight excluding hydrogens is 398 g/mol. The van der Waals surface area contributed by atoms with Crippen LogP contribution in [0.25, 0.3) is 0 Å². The van der Waals surface area contributed by atoms with Crippen LogP contribution in [0.15, 0.2) is 11.2 Å². The van der Waals surface area contributed by atoms with Crippen LogP contribution in [-0.4, -0.2) is 64.7 Å². The number of halogens is 1. The third kappa shape index (κ3) is 6.81. The van der Waals surface area contributed by atoms with E-state index in [0.717, 1.165) is 25.1 Å². The fourth-order valence-electron chi connectivity index (χ4n) is 3.14. The molecular formula is C19H30ClN5O2S. The maximum absolute atomic E-state index is 12.0. The highest BCUT2D eigenvalue weighted by molar-refractivity contribution is 7.99. The van der Waals surface area contributed by atoms with Crippen LogP contribution in [0.1, 0.15) is 46.5 Å². The first-order chi connectivity index (χ1) is 13.4. The number of hydrogen-bond acceptors (Lipinski definition) is 6. The van der Waals surface area contributed by atoms with Gasteiger partial charge in [0.2, 0.25) is 11.8 Å². The van der Waals surface area contributed by atoms with E-state index < -0.39 is 0 Å². The lowest BCUT2D eigenvalue weighted by molar-refractivity contribution is -0.133. The summed E-state index contributed by atoms with van der Waals surface area (Å²) < 4.78 is 0. The van der Waals surface area contributed by atoms with E-state index in [1.54, 1.807) is 6.07 Å². The molecule has 9 heteroatoms. The number of carbonyl (C=O) groups excluding carboxylic acids is 2. The minimum atomic E-state index is -0.0217. The Hall–Kier alpha value is -1.54. The molecule has 2 rings (SSSR count). The van der Waals surface area contributed by atoms with Crippen molar-refractivity contribution < 1.29 is 9.59 Å². The lowest BCUT2D eigenvalue weighted by atomic mass is 10.1. The zero-order valence-electron chi connectivity index (χ0n) is 16.9. The molecule has 0 saturated carbocycles. The second-order valence-electron chi connectivity index (χ2n) is 6.91. The van der Waals surface area contributed by atoms with Crippen molar-refractivity contribution >= 4 is 41.0 Å². The van der Waals surface area contributed by atoms with Crippen LogP contribution in [0.3, 0.4) is 0 Å². The van der Waals surface area contributed by atoms with Gasteiger partial charge in [-0.15, -0.1) is 0 Å². The molecule has 1 aromatic heterocycles. The highest BCUT2D eigenvalue weighted by atomic mass is 35.5. The SMILES string of the molecule is CCCCCNC(=O)CSc1nc(Cl)cc(N2CCN(C(=O)CC)[C@H](C)C2)n1. The van der Waals surface area contributed by atoms with Crippen LogP contribution in [0.4, 0.5) is 5.82 Å². The van der Waals surface area contributed by atoms with Gasteiger partial charge in [0.25, 0.3) is 0 Å². The highest BCUT2D eigenvalue weighted by Gasteiger charge is 2.27. The average Bonchev–Trinajstić information content (AvgIpc) is 2.68. The van der Waals surface area contributed by atoms with Crippen molar-refractivity contribution in [3.05, 3.63) is 11.2 Å². The molecule has 1 fully saturated rings. The van der Waals surface area contributed by atoms with E-state index in [1.807, 2.05) is 18.7 Å². The predicted octanol–water partition coefficient (Wildman–Crippen LogP) is 2.98. The number of thioether (sulfide) groups is 1. The van der Waals surface area contributed by atoms with Gasteiger partial charge in [0.15, 0.2) is 5.16 Å². The monoisotopic (exact) mass is 427 g/mol. The van der Waals surface area contributed by atoms with Gasteiger partial charge < -0.3 is 15.1 Å². The molecule has 0 bridgehead atoms. The molecule has 28 heavy (non-hydrogen) atoms. The Labute approximate surface area is 176 Å². The Balaban J connectivity index is 1.92. The van der Waals surface area contributed by atoms with Crippen molar-refractivity contribution in [2.75, 3.05) is 36.8 Å². The minimum Gasteiger partial charge on any atom is -0.355 e. The fourth-order valence-corrected chi connectivity index (χ4v) is 4.05. The Kier molecular flexibility index (Phi) is 9.31. The van der Waals surface area contributed by atoms with Gasteiger partial charge >= 0.3 is 0 Å². The summed E-state index contributed by atoms with van der Waals surface area (Å²) in [7, 11) is 0. The van der Waals surface area contributed by atoms with Crippen LogP contribution in [0.5, 0.6) is 0 Å². The van der Waals surface area contributed by atoms with Gasteiger partial charge in [0.1, 0.15) is 11.0 Å². The van der Waals surface area contributed by atoms with Crippen molar-refractivity contribution in [2.45, 2.75) is 57.7 Å². The van der Waals surface area contributed by atoms with E-state index in [9.17, 15) is 9.59 Å². The lowest BCUT2D eigenvalue weighted by Crippen LogP contribution is -2.54. The summed E-state index contributed by atoms with van der Waals surface area (Å²) in [4.78, 5) is 36.8. The Morgan fingerprint density at radius 2 is 2.07 bits per heavy atom. The minimum absolute atomic E-state index is 0.0217. The molecule has 1 aliphatic heterocycles. The topological polar surface area (TPSA) is 78.4 Å². The predicted molar refractivity (Wildman–Crippen MR) is 114 cm³/mol. The number of piperazine rings is 1. The number of nitrogens with zero attached hydrogens (tertiary/aromatic N) is 4. The van der Waals surface area contributed by atoms with Gasteiger partial charge in [0, 0.05) is 44.7 Å². The number of nitrogens with one attached hydrogen (secondary N) is 1. The number of rotatable bonds is 9. The smallest absolute Gasteiger partial charge is 0.230 e. The van der Waals surface area contributed by atoms with Crippen molar-refractivity contribution in [1.82, 2.24) is 20.2 Å². The van der Waals surface area contributed by atoms with E-state index in [-0.39, 0.29) is 23.6 Å². The standard InChI is InChI=1S/C19H30ClN5O2S/c1-4-6-7-8-21-17(26)13-28-19-22-15(20)11-16(23-19)24-9-10-25(14(3)12-24)18(27)5-2/h11,14H,4-10,12-13H2,1-3H3,(H,21,26)/t14-/m1/s1. The maximum atomic E-state index is 12.0. The number of carbonyl (C=O) groups is 2. The zero-order chi connectivity index (χ0) is 20.5. The van der Waals surface area contributed by atoms with Gasteiger partial charge in [-0.2, -0.15) is 0 Å². The number of aromatic nitrogens is 2. The second kappa shape index (κ2) is 11.5. The van der Waals surface area contributed by atoms with Crippen LogP contribution in [0, 0.1) is 0 Å². The van der Waals surface area contributed by atoms with E-state index >= 15 is 0 Å². The van der Waals surface area contributed by atoms with Crippen LogP contribution < -0.4 is 10.2 Å². The van der Waals surface area contributed by atoms with Crippen molar-refractivity contribution in [2.24, 2.45) is 0 Å². The molecule has 2 amide bonds. The number of amides is 2. The Morgan fingerprint density at radius 3 is 2.75 bits per heavy atom. The number of anilines is 1. The number of hydrogen-bond donors (Lipinski definition) is 1.